The second-order valence-electron chi connectivity index (χ2n) is 7.70. The average Bonchev–Trinajstić information content (AvgIpc) is 2.69. The van der Waals surface area contributed by atoms with E-state index < -0.39 is 6.04 Å². The predicted octanol–water partition coefficient (Wildman–Crippen LogP) is 4.21. The third kappa shape index (κ3) is 5.95. The molecule has 0 fully saturated rings. The molecular weight excluding hydrogens is 348 g/mol. The lowest BCUT2D eigenvalue weighted by molar-refractivity contribution is -0.140. The molecule has 0 saturated heterocycles. The lowest BCUT2D eigenvalue weighted by atomic mass is 10.00. The fourth-order valence-electron chi connectivity index (χ4n) is 3.26. The van der Waals surface area contributed by atoms with Crippen molar-refractivity contribution in [3.8, 4) is 0 Å². The third-order valence-corrected chi connectivity index (χ3v) is 5.12. The summed E-state index contributed by atoms with van der Waals surface area (Å²) in [7, 11) is 1.60. The van der Waals surface area contributed by atoms with Gasteiger partial charge < -0.3 is 10.2 Å². The molecule has 28 heavy (non-hydrogen) atoms. The molecule has 0 aromatic heterocycles. The lowest BCUT2D eigenvalue weighted by Crippen LogP contribution is -2.46. The van der Waals surface area contributed by atoms with E-state index in [1.54, 1.807) is 18.9 Å². The Kier molecular flexibility index (Phi) is 7.80. The normalized spacial score (nSPS) is 11.9. The SMILES string of the molecule is CNC(=O)[C@@H](C)N(Cc1cccc(C)c1)C(=O)CCc1ccc(C(C)C)cc1. The number of carbonyl (C=O) groups excluding carboxylic acids is 2. The molecule has 2 amide bonds. The van der Waals surface area contributed by atoms with E-state index in [0.717, 1.165) is 16.7 Å². The lowest BCUT2D eigenvalue weighted by Gasteiger charge is -2.28. The van der Waals surface area contributed by atoms with E-state index in [2.05, 4.69) is 49.5 Å². The van der Waals surface area contributed by atoms with Crippen LogP contribution in [0, 0.1) is 6.92 Å². The standard InChI is InChI=1S/C24H32N2O2/c1-17(2)22-12-9-20(10-13-22)11-14-23(27)26(19(4)24(28)25-5)16-21-8-6-7-18(3)15-21/h6-10,12-13,15,17,19H,11,14,16H2,1-5H3,(H,25,28)/t19-/m1/s1. The van der Waals surface area contributed by atoms with Crippen LogP contribution in [0.25, 0.3) is 0 Å². The van der Waals surface area contributed by atoms with Crippen molar-refractivity contribution in [3.63, 3.8) is 0 Å². The van der Waals surface area contributed by atoms with Crippen LogP contribution in [-0.4, -0.2) is 29.8 Å². The van der Waals surface area contributed by atoms with Crippen LogP contribution < -0.4 is 5.32 Å². The van der Waals surface area contributed by atoms with E-state index in [1.807, 2.05) is 25.1 Å². The van der Waals surface area contributed by atoms with Crippen LogP contribution in [0.5, 0.6) is 0 Å². The van der Waals surface area contributed by atoms with Crippen LogP contribution in [0.3, 0.4) is 0 Å². The molecule has 0 spiro atoms. The number of hydrogen-bond acceptors (Lipinski definition) is 2. The highest BCUT2D eigenvalue weighted by Gasteiger charge is 2.25. The molecule has 0 aliphatic rings. The van der Waals surface area contributed by atoms with Gasteiger partial charge >= 0.3 is 0 Å². The van der Waals surface area contributed by atoms with Crippen molar-refractivity contribution in [2.24, 2.45) is 0 Å². The molecule has 0 aliphatic carbocycles. The number of benzene rings is 2. The van der Waals surface area contributed by atoms with E-state index in [1.165, 1.54) is 5.56 Å². The molecule has 4 heteroatoms. The van der Waals surface area contributed by atoms with Gasteiger partial charge in [0.2, 0.25) is 11.8 Å². The second-order valence-corrected chi connectivity index (χ2v) is 7.70. The highest BCUT2D eigenvalue weighted by molar-refractivity contribution is 5.87. The van der Waals surface area contributed by atoms with E-state index in [-0.39, 0.29) is 11.8 Å². The number of hydrogen-bond donors (Lipinski definition) is 1. The minimum Gasteiger partial charge on any atom is -0.357 e. The van der Waals surface area contributed by atoms with Crippen molar-refractivity contribution in [2.75, 3.05) is 7.05 Å². The van der Waals surface area contributed by atoms with Crippen LogP contribution in [0.4, 0.5) is 0 Å². The summed E-state index contributed by atoms with van der Waals surface area (Å²) in [4.78, 5) is 26.9. The van der Waals surface area contributed by atoms with Crippen molar-refractivity contribution in [2.45, 2.75) is 59.0 Å². The topological polar surface area (TPSA) is 49.4 Å². The van der Waals surface area contributed by atoms with Gasteiger partial charge in [0.15, 0.2) is 0 Å². The predicted molar refractivity (Wildman–Crippen MR) is 114 cm³/mol. The van der Waals surface area contributed by atoms with Crippen molar-refractivity contribution in [1.29, 1.82) is 0 Å². The van der Waals surface area contributed by atoms with Gasteiger partial charge in [0.1, 0.15) is 6.04 Å². The number of aryl methyl sites for hydroxylation is 2. The second kappa shape index (κ2) is 10.1. The first-order chi connectivity index (χ1) is 13.3. The monoisotopic (exact) mass is 380 g/mol. The molecule has 0 aliphatic heterocycles. The zero-order valence-corrected chi connectivity index (χ0v) is 17.7. The molecule has 0 bridgehead atoms. The number of amides is 2. The molecule has 1 atom stereocenters. The molecule has 0 unspecified atom stereocenters. The largest absolute Gasteiger partial charge is 0.357 e. The molecule has 150 valence electrons. The fourth-order valence-corrected chi connectivity index (χ4v) is 3.26. The van der Waals surface area contributed by atoms with Gasteiger partial charge in [-0.2, -0.15) is 0 Å². The zero-order valence-electron chi connectivity index (χ0n) is 17.7. The molecular formula is C24H32N2O2. The summed E-state index contributed by atoms with van der Waals surface area (Å²) in [6.45, 7) is 8.58. The quantitative estimate of drug-likeness (QED) is 0.746. The van der Waals surface area contributed by atoms with Gasteiger partial charge in [0.25, 0.3) is 0 Å². The minimum atomic E-state index is -0.513. The van der Waals surface area contributed by atoms with Gasteiger partial charge in [0.05, 0.1) is 0 Å². The maximum absolute atomic E-state index is 13.0. The first kappa shape index (κ1) is 21.7. The highest BCUT2D eigenvalue weighted by atomic mass is 16.2. The van der Waals surface area contributed by atoms with E-state index in [0.29, 0.717) is 25.3 Å². The van der Waals surface area contributed by atoms with Crippen LogP contribution in [0.2, 0.25) is 0 Å². The van der Waals surface area contributed by atoms with Crippen molar-refractivity contribution in [3.05, 3.63) is 70.8 Å². The number of nitrogens with one attached hydrogen (secondary N) is 1. The molecule has 2 aromatic carbocycles. The maximum atomic E-state index is 13.0. The summed E-state index contributed by atoms with van der Waals surface area (Å²) in [6.07, 6.45) is 1.05. The Morgan fingerprint density at radius 1 is 1.00 bits per heavy atom. The third-order valence-electron chi connectivity index (χ3n) is 5.12. The van der Waals surface area contributed by atoms with E-state index in [9.17, 15) is 9.59 Å². The minimum absolute atomic E-state index is 0.00876. The summed E-state index contributed by atoms with van der Waals surface area (Å²) in [5, 5.41) is 2.65. The summed E-state index contributed by atoms with van der Waals surface area (Å²) >= 11 is 0. The summed E-state index contributed by atoms with van der Waals surface area (Å²) < 4.78 is 0. The van der Waals surface area contributed by atoms with Crippen LogP contribution in [0.1, 0.15) is 55.4 Å². The smallest absolute Gasteiger partial charge is 0.242 e. The van der Waals surface area contributed by atoms with E-state index >= 15 is 0 Å². The Morgan fingerprint density at radius 3 is 2.25 bits per heavy atom. The average molecular weight is 381 g/mol. The Hall–Kier alpha value is -2.62. The molecule has 0 heterocycles. The summed E-state index contributed by atoms with van der Waals surface area (Å²) in [6, 6.07) is 16.0. The van der Waals surface area contributed by atoms with Gasteiger partial charge in [-0.1, -0.05) is 67.9 Å². The summed E-state index contributed by atoms with van der Waals surface area (Å²) in [5.41, 5.74) is 4.61. The maximum Gasteiger partial charge on any atom is 0.242 e. The zero-order chi connectivity index (χ0) is 20.7. The van der Waals surface area contributed by atoms with Gasteiger partial charge in [-0.15, -0.1) is 0 Å². The van der Waals surface area contributed by atoms with E-state index in [4.69, 9.17) is 0 Å². The number of nitrogens with zero attached hydrogens (tertiary/aromatic N) is 1. The number of likely N-dealkylation sites (N-methyl/N-ethyl adjacent to an activating group) is 1. The van der Waals surface area contributed by atoms with Gasteiger partial charge in [-0.25, -0.2) is 0 Å². The Balaban J connectivity index is 2.10. The molecule has 0 radical (unpaired) electrons. The number of rotatable bonds is 8. The van der Waals surface area contributed by atoms with Crippen molar-refractivity contribution in [1.82, 2.24) is 10.2 Å². The van der Waals surface area contributed by atoms with Crippen LogP contribution in [0.15, 0.2) is 48.5 Å². The Bertz CT molecular complexity index is 797. The van der Waals surface area contributed by atoms with Gasteiger partial charge in [-0.05, 0) is 42.9 Å². The van der Waals surface area contributed by atoms with Gasteiger partial charge in [0, 0.05) is 20.0 Å². The fraction of sp³-hybridized carbons (Fsp3) is 0.417. The summed E-state index contributed by atoms with van der Waals surface area (Å²) in [5.74, 6) is 0.335. The molecule has 0 saturated carbocycles. The van der Waals surface area contributed by atoms with Crippen molar-refractivity contribution < 1.29 is 9.59 Å². The first-order valence-electron chi connectivity index (χ1n) is 9.97. The number of carbonyl (C=O) groups is 2. The molecule has 2 aromatic rings. The molecule has 2 rings (SSSR count). The molecule has 4 nitrogen and oxygen atoms in total. The van der Waals surface area contributed by atoms with Crippen molar-refractivity contribution >= 4 is 11.8 Å². The molecule has 1 N–H and O–H groups in total. The van der Waals surface area contributed by atoms with Crippen LogP contribution in [-0.2, 0) is 22.6 Å². The highest BCUT2D eigenvalue weighted by Crippen LogP contribution is 2.17. The van der Waals surface area contributed by atoms with Gasteiger partial charge in [-0.3, -0.25) is 9.59 Å². The Labute approximate surface area is 169 Å². The van der Waals surface area contributed by atoms with Crippen LogP contribution >= 0.6 is 0 Å². The Morgan fingerprint density at radius 2 is 1.68 bits per heavy atom. The first-order valence-corrected chi connectivity index (χ1v) is 9.97.